The molecule has 0 radical (unpaired) electrons. The molecule has 1 aromatic carbocycles. The number of pyridine rings is 1. The normalized spacial score (nSPS) is 11.7. The number of ether oxygens (including phenoxy) is 1. The van der Waals surface area contributed by atoms with Crippen molar-refractivity contribution in [1.29, 1.82) is 0 Å². The fraction of sp³-hybridized carbons (Fsp3) is 0.167. The van der Waals surface area contributed by atoms with E-state index in [1.54, 1.807) is 18.3 Å². The highest BCUT2D eigenvalue weighted by molar-refractivity contribution is 5.63. The van der Waals surface area contributed by atoms with Gasteiger partial charge in [-0.05, 0) is 48.9 Å². The molecular formula is C18H15F3N2O. The van der Waals surface area contributed by atoms with Gasteiger partial charge in [0.1, 0.15) is 18.0 Å². The van der Waals surface area contributed by atoms with Gasteiger partial charge in [-0.1, -0.05) is 6.58 Å². The van der Waals surface area contributed by atoms with Gasteiger partial charge in [0, 0.05) is 18.0 Å². The van der Waals surface area contributed by atoms with E-state index < -0.39 is 11.7 Å². The lowest BCUT2D eigenvalue weighted by Crippen LogP contribution is -2.05. The van der Waals surface area contributed by atoms with E-state index in [9.17, 15) is 13.2 Å². The van der Waals surface area contributed by atoms with Gasteiger partial charge in [0.15, 0.2) is 0 Å². The minimum atomic E-state index is -4.37. The second-order valence-electron chi connectivity index (χ2n) is 5.58. The third-order valence-electron chi connectivity index (χ3n) is 3.41. The number of rotatable bonds is 4. The van der Waals surface area contributed by atoms with E-state index in [1.165, 1.54) is 10.5 Å². The Kier molecular flexibility index (Phi) is 4.05. The Morgan fingerprint density at radius 2 is 1.83 bits per heavy atom. The average molecular weight is 332 g/mol. The molecule has 2 heterocycles. The lowest BCUT2D eigenvalue weighted by Gasteiger charge is -2.06. The molecule has 3 aromatic rings. The molecule has 0 atom stereocenters. The molecule has 3 nitrogen and oxygen atoms in total. The Morgan fingerprint density at radius 1 is 1.12 bits per heavy atom. The van der Waals surface area contributed by atoms with Crippen molar-refractivity contribution in [3.8, 4) is 17.0 Å². The average Bonchev–Trinajstić information content (AvgIpc) is 2.95. The summed E-state index contributed by atoms with van der Waals surface area (Å²) < 4.78 is 45.2. The van der Waals surface area contributed by atoms with E-state index in [0.717, 1.165) is 23.4 Å². The SMILES string of the molecule is C=C(C)COc1ccc(-c2cn3cc(C(F)(F)F)ccc3n2)cc1. The molecule has 0 saturated heterocycles. The topological polar surface area (TPSA) is 26.5 Å². The number of alkyl halides is 3. The second kappa shape index (κ2) is 6.03. The number of hydrogen-bond acceptors (Lipinski definition) is 2. The summed E-state index contributed by atoms with van der Waals surface area (Å²) in [7, 11) is 0. The van der Waals surface area contributed by atoms with Crippen LogP contribution in [0.3, 0.4) is 0 Å². The van der Waals surface area contributed by atoms with Crippen molar-refractivity contribution in [2.75, 3.05) is 6.61 Å². The van der Waals surface area contributed by atoms with Gasteiger partial charge < -0.3 is 9.14 Å². The van der Waals surface area contributed by atoms with Gasteiger partial charge in [-0.3, -0.25) is 0 Å². The largest absolute Gasteiger partial charge is 0.489 e. The molecule has 0 fully saturated rings. The zero-order chi connectivity index (χ0) is 17.3. The molecular weight excluding hydrogens is 317 g/mol. The van der Waals surface area contributed by atoms with Gasteiger partial charge in [0.25, 0.3) is 0 Å². The summed E-state index contributed by atoms with van der Waals surface area (Å²) in [6.07, 6.45) is -1.76. The summed E-state index contributed by atoms with van der Waals surface area (Å²) in [6.45, 7) is 6.08. The lowest BCUT2D eigenvalue weighted by molar-refractivity contribution is -0.137. The molecule has 0 aliphatic carbocycles. The lowest BCUT2D eigenvalue weighted by atomic mass is 10.1. The van der Waals surface area contributed by atoms with Crippen molar-refractivity contribution < 1.29 is 17.9 Å². The number of halogens is 3. The Labute approximate surface area is 137 Å². The number of fused-ring (bicyclic) bond motifs is 1. The van der Waals surface area contributed by atoms with Gasteiger partial charge in [0.2, 0.25) is 0 Å². The van der Waals surface area contributed by atoms with Crippen LogP contribution in [-0.4, -0.2) is 16.0 Å². The van der Waals surface area contributed by atoms with E-state index in [4.69, 9.17) is 4.74 Å². The fourth-order valence-corrected chi connectivity index (χ4v) is 2.23. The van der Waals surface area contributed by atoms with Crippen molar-refractivity contribution in [2.24, 2.45) is 0 Å². The van der Waals surface area contributed by atoms with Crippen molar-refractivity contribution in [2.45, 2.75) is 13.1 Å². The monoisotopic (exact) mass is 332 g/mol. The van der Waals surface area contributed by atoms with E-state index in [0.29, 0.717) is 23.7 Å². The maximum absolute atomic E-state index is 12.8. The predicted molar refractivity (Wildman–Crippen MR) is 85.9 cm³/mol. The van der Waals surface area contributed by atoms with Gasteiger partial charge in [-0.2, -0.15) is 13.2 Å². The van der Waals surface area contributed by atoms with Crippen molar-refractivity contribution in [1.82, 2.24) is 9.38 Å². The standard InChI is InChI=1S/C18H15F3N2O/c1-12(2)11-24-15-6-3-13(4-7-15)16-10-23-9-14(18(19,20)21)5-8-17(23)22-16/h3-10H,1,11H2,2H3. The van der Waals surface area contributed by atoms with E-state index in [-0.39, 0.29) is 0 Å². The van der Waals surface area contributed by atoms with Gasteiger partial charge in [-0.15, -0.1) is 0 Å². The highest BCUT2D eigenvalue weighted by Crippen LogP contribution is 2.30. The first kappa shape index (κ1) is 16.1. The first-order chi connectivity index (χ1) is 11.3. The van der Waals surface area contributed by atoms with Crippen LogP contribution >= 0.6 is 0 Å². The highest BCUT2D eigenvalue weighted by atomic mass is 19.4. The molecule has 0 aliphatic heterocycles. The first-order valence-electron chi connectivity index (χ1n) is 7.26. The van der Waals surface area contributed by atoms with Crippen molar-refractivity contribution in [3.63, 3.8) is 0 Å². The molecule has 0 unspecified atom stereocenters. The predicted octanol–water partition coefficient (Wildman–Crippen LogP) is 4.98. The number of nitrogens with zero attached hydrogens (tertiary/aromatic N) is 2. The van der Waals surface area contributed by atoms with Gasteiger partial charge in [0.05, 0.1) is 11.3 Å². The molecule has 2 aromatic heterocycles. The molecule has 0 saturated carbocycles. The summed E-state index contributed by atoms with van der Waals surface area (Å²) in [4.78, 5) is 4.35. The minimum Gasteiger partial charge on any atom is -0.489 e. The molecule has 124 valence electrons. The van der Waals surface area contributed by atoms with Crippen LogP contribution in [0, 0.1) is 0 Å². The molecule has 0 bridgehead atoms. The Balaban J connectivity index is 1.88. The number of hydrogen-bond donors (Lipinski definition) is 0. The van der Waals surface area contributed by atoms with Crippen LogP contribution < -0.4 is 4.74 Å². The van der Waals surface area contributed by atoms with Crippen LogP contribution in [0.4, 0.5) is 13.2 Å². The molecule has 0 amide bonds. The molecule has 0 spiro atoms. The maximum Gasteiger partial charge on any atom is 0.417 e. The summed E-state index contributed by atoms with van der Waals surface area (Å²) >= 11 is 0. The highest BCUT2D eigenvalue weighted by Gasteiger charge is 2.30. The van der Waals surface area contributed by atoms with Crippen molar-refractivity contribution >= 4 is 5.65 Å². The van der Waals surface area contributed by atoms with Crippen LogP contribution in [0.2, 0.25) is 0 Å². The zero-order valence-corrected chi connectivity index (χ0v) is 13.0. The number of aromatic nitrogens is 2. The third-order valence-corrected chi connectivity index (χ3v) is 3.41. The number of imidazole rings is 1. The van der Waals surface area contributed by atoms with Gasteiger partial charge >= 0.3 is 6.18 Å². The second-order valence-corrected chi connectivity index (χ2v) is 5.58. The Morgan fingerprint density at radius 3 is 2.46 bits per heavy atom. The molecule has 24 heavy (non-hydrogen) atoms. The Bertz CT molecular complexity index is 879. The minimum absolute atomic E-state index is 0.438. The van der Waals surface area contributed by atoms with E-state index in [2.05, 4.69) is 11.6 Å². The van der Waals surface area contributed by atoms with E-state index >= 15 is 0 Å². The van der Waals surface area contributed by atoms with Crippen LogP contribution in [0.5, 0.6) is 5.75 Å². The van der Waals surface area contributed by atoms with Crippen LogP contribution in [0.15, 0.2) is 60.9 Å². The quantitative estimate of drug-likeness (QED) is 0.630. The van der Waals surface area contributed by atoms with Crippen LogP contribution in [-0.2, 0) is 6.18 Å². The van der Waals surface area contributed by atoms with E-state index in [1.807, 2.05) is 19.1 Å². The summed E-state index contributed by atoms with van der Waals surface area (Å²) in [6, 6.07) is 9.62. The molecule has 0 aliphatic rings. The third kappa shape index (κ3) is 3.42. The van der Waals surface area contributed by atoms with Crippen LogP contribution in [0.1, 0.15) is 12.5 Å². The fourth-order valence-electron chi connectivity index (χ4n) is 2.23. The van der Waals surface area contributed by atoms with Crippen molar-refractivity contribution in [3.05, 3.63) is 66.5 Å². The molecule has 3 rings (SSSR count). The summed E-state index contributed by atoms with van der Waals surface area (Å²) in [5.41, 5.74) is 2.07. The van der Waals surface area contributed by atoms with Crippen LogP contribution in [0.25, 0.3) is 16.9 Å². The molecule has 6 heteroatoms. The first-order valence-corrected chi connectivity index (χ1v) is 7.26. The smallest absolute Gasteiger partial charge is 0.417 e. The van der Waals surface area contributed by atoms with Gasteiger partial charge in [-0.25, -0.2) is 4.98 Å². The molecule has 0 N–H and O–H groups in total. The zero-order valence-electron chi connectivity index (χ0n) is 13.0. The summed E-state index contributed by atoms with van der Waals surface area (Å²) in [5, 5.41) is 0. The number of benzene rings is 1. The summed E-state index contributed by atoms with van der Waals surface area (Å²) in [5.74, 6) is 0.699. The Hall–Kier alpha value is -2.76. The maximum atomic E-state index is 12.8.